The van der Waals surface area contributed by atoms with Gasteiger partial charge in [0.1, 0.15) is 0 Å². The van der Waals surface area contributed by atoms with Gasteiger partial charge in [0.05, 0.1) is 12.1 Å². The summed E-state index contributed by atoms with van der Waals surface area (Å²) >= 11 is 0. The quantitative estimate of drug-likeness (QED) is 0.735. The Morgan fingerprint density at radius 3 is 1.84 bits per heavy atom. The van der Waals surface area contributed by atoms with E-state index < -0.39 is 0 Å². The van der Waals surface area contributed by atoms with Gasteiger partial charge in [-0.25, -0.2) is 0 Å². The zero-order valence-electron chi connectivity index (χ0n) is 14.0. The minimum absolute atomic E-state index is 0.0440. The van der Waals surface area contributed by atoms with Gasteiger partial charge in [-0.3, -0.25) is 4.79 Å². The van der Waals surface area contributed by atoms with Gasteiger partial charge in [0.2, 0.25) is 0 Å². The number of carbonyl (C=O) groups excluding carboxylic acids is 1. The molecule has 2 atom stereocenters. The maximum Gasteiger partial charge on any atom is 0.151 e. The topological polar surface area (TPSA) is 49.3 Å². The van der Waals surface area contributed by atoms with Crippen LogP contribution >= 0.6 is 0 Å². The van der Waals surface area contributed by atoms with Crippen LogP contribution in [0.4, 0.5) is 0 Å². The number of hydrogen-bond donors (Lipinski definition) is 2. The predicted octanol–water partition coefficient (Wildman–Crippen LogP) is 4.06. The Bertz CT molecular complexity index is 213. The van der Waals surface area contributed by atoms with Gasteiger partial charge < -0.3 is 10.4 Å². The molecule has 0 heterocycles. The molecule has 2 N–H and O–H groups in total. The van der Waals surface area contributed by atoms with Crippen molar-refractivity contribution >= 4 is 5.78 Å². The van der Waals surface area contributed by atoms with Crippen molar-refractivity contribution in [1.29, 1.82) is 0 Å². The highest BCUT2D eigenvalue weighted by atomic mass is 16.3. The van der Waals surface area contributed by atoms with E-state index in [0.29, 0.717) is 0 Å². The first kappa shape index (κ1) is 23.3. The molecule has 0 saturated carbocycles. The molecule has 0 aliphatic rings. The van der Waals surface area contributed by atoms with Crippen molar-refractivity contribution in [2.24, 2.45) is 0 Å². The van der Waals surface area contributed by atoms with Crippen LogP contribution in [0.2, 0.25) is 0 Å². The van der Waals surface area contributed by atoms with E-state index in [1.165, 1.54) is 6.42 Å². The van der Waals surface area contributed by atoms with E-state index in [1.807, 2.05) is 34.6 Å². The minimum atomic E-state index is -0.0973. The molecule has 0 bridgehead atoms. The predicted molar refractivity (Wildman–Crippen MR) is 85.3 cm³/mol. The van der Waals surface area contributed by atoms with Gasteiger partial charge in [-0.2, -0.15) is 0 Å². The monoisotopic (exact) mass is 273 g/mol. The summed E-state index contributed by atoms with van der Waals surface area (Å²) < 4.78 is 0. The van der Waals surface area contributed by atoms with E-state index in [9.17, 15) is 4.79 Å². The standard InChI is InChI=1S/C8H15NO.C6H14O.C2H6/c1-5-8(7(4)10)9-6(2)3;1-3-4-5-6(2)7;1-2/h8-9H,2,5H2,1,3-4H3;6-7H,3-5H2,1-2H3;1-2H3/t8-;;/m0../s1. The fourth-order valence-corrected chi connectivity index (χ4v) is 1.29. The number of unbranched alkanes of at least 4 members (excludes halogenated alkanes) is 1. The Morgan fingerprint density at radius 1 is 1.26 bits per heavy atom. The summed E-state index contributed by atoms with van der Waals surface area (Å²) in [6, 6.07) is -0.0440. The van der Waals surface area contributed by atoms with Gasteiger partial charge in [0, 0.05) is 5.70 Å². The number of nitrogens with one attached hydrogen (secondary N) is 1. The summed E-state index contributed by atoms with van der Waals surface area (Å²) in [6.45, 7) is 17.0. The number of allylic oxidation sites excluding steroid dienone is 1. The molecule has 0 aromatic carbocycles. The molecule has 1 unspecified atom stereocenters. The third kappa shape index (κ3) is 22.8. The first-order chi connectivity index (χ1) is 8.84. The lowest BCUT2D eigenvalue weighted by Gasteiger charge is -2.13. The van der Waals surface area contributed by atoms with Crippen molar-refractivity contribution in [3.63, 3.8) is 0 Å². The van der Waals surface area contributed by atoms with Crippen LogP contribution in [0.5, 0.6) is 0 Å². The normalized spacial score (nSPS) is 12.0. The summed E-state index contributed by atoms with van der Waals surface area (Å²) in [6.07, 6.45) is 4.02. The second-order valence-corrected chi connectivity index (χ2v) is 4.49. The molecule has 0 saturated heterocycles. The second-order valence-electron chi connectivity index (χ2n) is 4.49. The van der Waals surface area contributed by atoms with Crippen LogP contribution in [0.3, 0.4) is 0 Å². The molecule has 0 rings (SSSR count). The average molecular weight is 273 g/mol. The first-order valence-electron chi connectivity index (χ1n) is 7.45. The Labute approximate surface area is 120 Å². The molecule has 3 nitrogen and oxygen atoms in total. The molecular formula is C16H35NO2. The average Bonchev–Trinajstić information content (AvgIpc) is 2.36. The lowest BCUT2D eigenvalue weighted by atomic mass is 10.1. The van der Waals surface area contributed by atoms with E-state index in [-0.39, 0.29) is 17.9 Å². The zero-order chi connectivity index (χ0) is 15.8. The van der Waals surface area contributed by atoms with E-state index in [2.05, 4.69) is 18.8 Å². The van der Waals surface area contributed by atoms with Crippen LogP contribution < -0.4 is 5.32 Å². The third-order valence-corrected chi connectivity index (χ3v) is 2.30. The molecule has 0 fully saturated rings. The van der Waals surface area contributed by atoms with Crippen molar-refractivity contribution in [3.8, 4) is 0 Å². The summed E-state index contributed by atoms with van der Waals surface area (Å²) in [4.78, 5) is 10.8. The van der Waals surface area contributed by atoms with Crippen LogP contribution in [0.25, 0.3) is 0 Å². The Kier molecular flexibility index (Phi) is 21.0. The lowest BCUT2D eigenvalue weighted by molar-refractivity contribution is -0.118. The van der Waals surface area contributed by atoms with Crippen LogP contribution in [0, 0.1) is 0 Å². The van der Waals surface area contributed by atoms with Gasteiger partial charge in [-0.1, -0.05) is 47.1 Å². The molecule has 0 spiro atoms. The summed E-state index contributed by atoms with van der Waals surface area (Å²) in [7, 11) is 0. The molecule has 0 aliphatic heterocycles. The van der Waals surface area contributed by atoms with Crippen LogP contribution in [0.1, 0.15) is 74.1 Å². The lowest BCUT2D eigenvalue weighted by Crippen LogP contribution is -2.32. The number of aliphatic hydroxyl groups is 1. The van der Waals surface area contributed by atoms with Crippen molar-refractivity contribution in [1.82, 2.24) is 5.32 Å². The molecule has 0 aliphatic carbocycles. The van der Waals surface area contributed by atoms with Gasteiger partial charge in [-0.15, -0.1) is 0 Å². The van der Waals surface area contributed by atoms with Gasteiger partial charge in [0.15, 0.2) is 5.78 Å². The van der Waals surface area contributed by atoms with E-state index in [4.69, 9.17) is 5.11 Å². The third-order valence-electron chi connectivity index (χ3n) is 2.30. The highest BCUT2D eigenvalue weighted by Gasteiger charge is 2.08. The zero-order valence-corrected chi connectivity index (χ0v) is 14.0. The van der Waals surface area contributed by atoms with E-state index in [1.54, 1.807) is 6.92 Å². The van der Waals surface area contributed by atoms with E-state index in [0.717, 1.165) is 25.0 Å². The molecule has 116 valence electrons. The maximum absolute atomic E-state index is 10.8. The smallest absolute Gasteiger partial charge is 0.151 e. The number of Topliss-reactive ketones (excluding diaryl/α,β-unsaturated/α-hetero) is 1. The SMILES string of the molecule is C=C(C)N[C@@H](CC)C(C)=O.CC.CCCCC(C)O. The van der Waals surface area contributed by atoms with Crippen molar-refractivity contribution in [3.05, 3.63) is 12.3 Å². The maximum atomic E-state index is 10.8. The van der Waals surface area contributed by atoms with Crippen molar-refractivity contribution in [2.75, 3.05) is 0 Å². The van der Waals surface area contributed by atoms with Gasteiger partial charge in [-0.05, 0) is 33.6 Å². The van der Waals surface area contributed by atoms with Crippen molar-refractivity contribution in [2.45, 2.75) is 86.3 Å². The number of carbonyl (C=O) groups is 1. The van der Waals surface area contributed by atoms with Crippen LogP contribution in [-0.4, -0.2) is 23.0 Å². The molecule has 0 radical (unpaired) electrons. The first-order valence-corrected chi connectivity index (χ1v) is 7.45. The highest BCUT2D eigenvalue weighted by molar-refractivity contribution is 5.81. The Morgan fingerprint density at radius 2 is 1.74 bits per heavy atom. The molecular weight excluding hydrogens is 238 g/mol. The van der Waals surface area contributed by atoms with Gasteiger partial charge >= 0.3 is 0 Å². The Hall–Kier alpha value is -0.830. The highest BCUT2D eigenvalue weighted by Crippen LogP contribution is 1.97. The summed E-state index contributed by atoms with van der Waals surface area (Å²) in [5.41, 5.74) is 0.849. The number of ketones is 1. The van der Waals surface area contributed by atoms with Gasteiger partial charge in [0.25, 0.3) is 0 Å². The number of hydrogen-bond acceptors (Lipinski definition) is 3. The number of aliphatic hydroxyl groups excluding tert-OH is 1. The Balaban J connectivity index is -0.000000249. The molecule has 0 aromatic heterocycles. The van der Waals surface area contributed by atoms with Crippen LogP contribution in [-0.2, 0) is 4.79 Å². The molecule has 0 amide bonds. The molecule has 0 aromatic rings. The molecule has 19 heavy (non-hydrogen) atoms. The fraction of sp³-hybridized carbons (Fsp3) is 0.812. The molecule has 3 heteroatoms. The van der Waals surface area contributed by atoms with E-state index >= 15 is 0 Å². The number of rotatable bonds is 7. The second kappa shape index (κ2) is 17.2. The summed E-state index contributed by atoms with van der Waals surface area (Å²) in [5.74, 6) is 0.172. The van der Waals surface area contributed by atoms with Crippen LogP contribution in [0.15, 0.2) is 12.3 Å². The largest absolute Gasteiger partial charge is 0.393 e. The minimum Gasteiger partial charge on any atom is -0.393 e. The van der Waals surface area contributed by atoms with Crippen molar-refractivity contribution < 1.29 is 9.90 Å². The fourth-order valence-electron chi connectivity index (χ4n) is 1.29. The summed E-state index contributed by atoms with van der Waals surface area (Å²) in [5, 5.41) is 11.7.